The molecule has 0 spiro atoms. The summed E-state index contributed by atoms with van der Waals surface area (Å²) >= 11 is 0. The van der Waals surface area contributed by atoms with Crippen LogP contribution >= 0.6 is 0 Å². The molecule has 15 heavy (non-hydrogen) atoms. The lowest BCUT2D eigenvalue weighted by Crippen LogP contribution is -2.45. The van der Waals surface area contributed by atoms with E-state index < -0.39 is 0 Å². The molecule has 0 saturated heterocycles. The molecule has 0 fully saturated rings. The summed E-state index contributed by atoms with van der Waals surface area (Å²) < 4.78 is 0. The molecule has 0 aliphatic rings. The number of carbonyl (C=O) groups excluding carboxylic acids is 1. The van der Waals surface area contributed by atoms with Gasteiger partial charge in [-0.3, -0.25) is 4.79 Å². The first-order valence-corrected chi connectivity index (χ1v) is 5.79. The standard InChI is InChI=1S/C12H26N2O/c1-7-14(9-10(2)3)11(15)8-13-12(4,5)6/h10,13H,7-9H2,1-6H3. The average molecular weight is 214 g/mol. The van der Waals surface area contributed by atoms with Crippen molar-refractivity contribution in [3.8, 4) is 0 Å². The molecule has 0 aromatic rings. The first kappa shape index (κ1) is 14.4. The maximum Gasteiger partial charge on any atom is 0.236 e. The van der Waals surface area contributed by atoms with Crippen molar-refractivity contribution in [3.63, 3.8) is 0 Å². The predicted molar refractivity (Wildman–Crippen MR) is 64.8 cm³/mol. The Kier molecular flexibility index (Phi) is 5.88. The van der Waals surface area contributed by atoms with Crippen LogP contribution in [-0.4, -0.2) is 36.0 Å². The van der Waals surface area contributed by atoms with Gasteiger partial charge in [0.15, 0.2) is 0 Å². The summed E-state index contributed by atoms with van der Waals surface area (Å²) in [6.07, 6.45) is 0. The highest BCUT2D eigenvalue weighted by Crippen LogP contribution is 2.01. The van der Waals surface area contributed by atoms with Gasteiger partial charge in [-0.25, -0.2) is 0 Å². The van der Waals surface area contributed by atoms with Gasteiger partial charge in [-0.05, 0) is 33.6 Å². The molecular weight excluding hydrogens is 188 g/mol. The summed E-state index contributed by atoms with van der Waals surface area (Å²) in [6.45, 7) is 14.6. The molecule has 0 bridgehead atoms. The number of nitrogens with one attached hydrogen (secondary N) is 1. The van der Waals surface area contributed by atoms with Gasteiger partial charge in [0.1, 0.15) is 0 Å². The second-order valence-electron chi connectivity index (χ2n) is 5.43. The Morgan fingerprint density at radius 3 is 2.20 bits per heavy atom. The topological polar surface area (TPSA) is 32.3 Å². The molecule has 90 valence electrons. The van der Waals surface area contributed by atoms with E-state index in [4.69, 9.17) is 0 Å². The summed E-state index contributed by atoms with van der Waals surface area (Å²) in [5, 5.41) is 3.22. The number of carbonyl (C=O) groups is 1. The average Bonchev–Trinajstić information content (AvgIpc) is 2.08. The zero-order valence-electron chi connectivity index (χ0n) is 11.1. The maximum absolute atomic E-state index is 11.8. The van der Waals surface area contributed by atoms with E-state index in [2.05, 4.69) is 39.9 Å². The molecule has 3 nitrogen and oxygen atoms in total. The van der Waals surface area contributed by atoms with Crippen molar-refractivity contribution in [2.45, 2.75) is 47.1 Å². The molecule has 0 rings (SSSR count). The van der Waals surface area contributed by atoms with Crippen LogP contribution in [0.25, 0.3) is 0 Å². The number of hydrogen-bond donors (Lipinski definition) is 1. The van der Waals surface area contributed by atoms with Gasteiger partial charge in [0.05, 0.1) is 6.54 Å². The molecule has 0 saturated carbocycles. The molecular formula is C12H26N2O. The van der Waals surface area contributed by atoms with Crippen LogP contribution in [0.5, 0.6) is 0 Å². The van der Waals surface area contributed by atoms with E-state index in [-0.39, 0.29) is 11.4 Å². The van der Waals surface area contributed by atoms with Gasteiger partial charge in [0.2, 0.25) is 5.91 Å². The van der Waals surface area contributed by atoms with Gasteiger partial charge in [0.25, 0.3) is 0 Å². The monoisotopic (exact) mass is 214 g/mol. The van der Waals surface area contributed by atoms with Gasteiger partial charge in [0, 0.05) is 18.6 Å². The van der Waals surface area contributed by atoms with Crippen molar-refractivity contribution in [1.82, 2.24) is 10.2 Å². The van der Waals surface area contributed by atoms with Gasteiger partial charge < -0.3 is 10.2 Å². The zero-order chi connectivity index (χ0) is 12.1. The fourth-order valence-corrected chi connectivity index (χ4v) is 1.30. The Labute approximate surface area is 94.2 Å². The first-order valence-electron chi connectivity index (χ1n) is 5.79. The lowest BCUT2D eigenvalue weighted by Gasteiger charge is -2.26. The molecule has 0 aromatic carbocycles. The highest BCUT2D eigenvalue weighted by Gasteiger charge is 2.16. The summed E-state index contributed by atoms with van der Waals surface area (Å²) in [4.78, 5) is 13.7. The second kappa shape index (κ2) is 6.11. The minimum atomic E-state index is 0.00685. The largest absolute Gasteiger partial charge is 0.342 e. The highest BCUT2D eigenvalue weighted by atomic mass is 16.2. The molecule has 0 aromatic heterocycles. The molecule has 0 radical (unpaired) electrons. The van der Waals surface area contributed by atoms with Crippen molar-refractivity contribution in [2.75, 3.05) is 19.6 Å². The van der Waals surface area contributed by atoms with Gasteiger partial charge >= 0.3 is 0 Å². The number of rotatable bonds is 5. The van der Waals surface area contributed by atoms with E-state index in [1.807, 2.05) is 11.8 Å². The van der Waals surface area contributed by atoms with Gasteiger partial charge in [-0.15, -0.1) is 0 Å². The number of nitrogens with zero attached hydrogens (tertiary/aromatic N) is 1. The van der Waals surface area contributed by atoms with Crippen LogP contribution in [0.1, 0.15) is 41.5 Å². The van der Waals surface area contributed by atoms with Crippen LogP contribution < -0.4 is 5.32 Å². The molecule has 0 aliphatic heterocycles. The van der Waals surface area contributed by atoms with Crippen LogP contribution in [0.3, 0.4) is 0 Å². The van der Waals surface area contributed by atoms with Gasteiger partial charge in [-0.1, -0.05) is 13.8 Å². The molecule has 1 N–H and O–H groups in total. The third-order valence-electron chi connectivity index (χ3n) is 2.09. The lowest BCUT2D eigenvalue weighted by atomic mass is 10.1. The quantitative estimate of drug-likeness (QED) is 0.758. The third kappa shape index (κ3) is 7.37. The highest BCUT2D eigenvalue weighted by molar-refractivity contribution is 5.78. The van der Waals surface area contributed by atoms with E-state index in [9.17, 15) is 4.79 Å². The summed E-state index contributed by atoms with van der Waals surface area (Å²) in [5.74, 6) is 0.727. The molecule has 3 heteroatoms. The summed E-state index contributed by atoms with van der Waals surface area (Å²) in [6, 6.07) is 0. The van der Waals surface area contributed by atoms with Crippen molar-refractivity contribution < 1.29 is 4.79 Å². The minimum Gasteiger partial charge on any atom is -0.342 e. The van der Waals surface area contributed by atoms with E-state index in [0.717, 1.165) is 13.1 Å². The normalized spacial score (nSPS) is 11.9. The molecule has 0 aliphatic carbocycles. The summed E-state index contributed by atoms with van der Waals surface area (Å²) in [5.41, 5.74) is 0.00685. The Morgan fingerprint density at radius 2 is 1.87 bits per heavy atom. The smallest absolute Gasteiger partial charge is 0.236 e. The number of hydrogen-bond acceptors (Lipinski definition) is 2. The van der Waals surface area contributed by atoms with Crippen molar-refractivity contribution >= 4 is 5.91 Å². The summed E-state index contributed by atoms with van der Waals surface area (Å²) in [7, 11) is 0. The van der Waals surface area contributed by atoms with Crippen molar-refractivity contribution in [1.29, 1.82) is 0 Å². The van der Waals surface area contributed by atoms with Crippen LogP contribution in [0.4, 0.5) is 0 Å². The fraction of sp³-hybridized carbons (Fsp3) is 0.917. The Balaban J connectivity index is 4.05. The molecule has 0 heterocycles. The van der Waals surface area contributed by atoms with E-state index >= 15 is 0 Å². The third-order valence-corrected chi connectivity index (χ3v) is 2.09. The fourth-order valence-electron chi connectivity index (χ4n) is 1.30. The Morgan fingerprint density at radius 1 is 1.33 bits per heavy atom. The van der Waals surface area contributed by atoms with Crippen LogP contribution in [0, 0.1) is 5.92 Å². The van der Waals surface area contributed by atoms with Crippen molar-refractivity contribution in [2.24, 2.45) is 5.92 Å². The minimum absolute atomic E-state index is 0.00685. The van der Waals surface area contributed by atoms with E-state index in [1.165, 1.54) is 0 Å². The number of likely N-dealkylation sites (N-methyl/N-ethyl adjacent to an activating group) is 1. The van der Waals surface area contributed by atoms with Gasteiger partial charge in [-0.2, -0.15) is 0 Å². The Bertz CT molecular complexity index is 194. The lowest BCUT2D eigenvalue weighted by molar-refractivity contribution is -0.130. The Hall–Kier alpha value is -0.570. The number of amides is 1. The molecule has 0 atom stereocenters. The van der Waals surface area contributed by atoms with Crippen LogP contribution in [0.15, 0.2) is 0 Å². The predicted octanol–water partition coefficient (Wildman–Crippen LogP) is 1.88. The second-order valence-corrected chi connectivity index (χ2v) is 5.43. The van der Waals surface area contributed by atoms with Crippen molar-refractivity contribution in [3.05, 3.63) is 0 Å². The van der Waals surface area contributed by atoms with Crippen LogP contribution in [-0.2, 0) is 4.79 Å². The SMILES string of the molecule is CCN(CC(C)C)C(=O)CNC(C)(C)C. The molecule has 0 unspecified atom stereocenters. The van der Waals surface area contributed by atoms with Crippen LogP contribution in [0.2, 0.25) is 0 Å². The molecule has 1 amide bonds. The zero-order valence-corrected chi connectivity index (χ0v) is 11.1. The van der Waals surface area contributed by atoms with E-state index in [1.54, 1.807) is 0 Å². The first-order chi connectivity index (χ1) is 6.76. The van der Waals surface area contributed by atoms with E-state index in [0.29, 0.717) is 12.5 Å². The maximum atomic E-state index is 11.8.